The summed E-state index contributed by atoms with van der Waals surface area (Å²) in [5.74, 6) is -0.846. The lowest BCUT2D eigenvalue weighted by Crippen LogP contribution is -2.30. The molecular weight excluding hydrogens is 949 g/mol. The van der Waals surface area contributed by atoms with Gasteiger partial charge in [0.05, 0.1) is 0 Å². The maximum Gasteiger partial charge on any atom is 0.306 e. The van der Waals surface area contributed by atoms with E-state index in [1.54, 1.807) is 0 Å². The lowest BCUT2D eigenvalue weighted by Gasteiger charge is -2.18. The molecule has 0 radical (unpaired) electrons. The molecule has 6 nitrogen and oxygen atoms in total. The van der Waals surface area contributed by atoms with Crippen molar-refractivity contribution in [1.82, 2.24) is 0 Å². The molecule has 0 fully saturated rings. The van der Waals surface area contributed by atoms with Gasteiger partial charge in [-0.15, -0.1) is 0 Å². The summed E-state index contributed by atoms with van der Waals surface area (Å²) in [4.78, 5) is 38.4. The van der Waals surface area contributed by atoms with E-state index in [1.165, 1.54) is 244 Å². The van der Waals surface area contributed by atoms with Crippen molar-refractivity contribution in [2.75, 3.05) is 13.2 Å². The van der Waals surface area contributed by atoms with Crippen LogP contribution in [0.5, 0.6) is 0 Å². The van der Waals surface area contributed by atoms with Crippen LogP contribution in [0.2, 0.25) is 0 Å². The van der Waals surface area contributed by atoms with Gasteiger partial charge in [-0.3, -0.25) is 14.4 Å². The fraction of sp³-hybridized carbons (Fsp3) is 0.845. The zero-order valence-corrected chi connectivity index (χ0v) is 51.7. The van der Waals surface area contributed by atoms with Crippen molar-refractivity contribution >= 4 is 17.9 Å². The average molecular weight is 1080 g/mol. The lowest BCUT2D eigenvalue weighted by molar-refractivity contribution is -0.167. The summed E-state index contributed by atoms with van der Waals surface area (Å²) in [6, 6.07) is 0. The number of carbonyl (C=O) groups excluding carboxylic acids is 3. The molecule has 1 unspecified atom stereocenters. The summed E-state index contributed by atoms with van der Waals surface area (Å²) in [5.41, 5.74) is 0. The van der Waals surface area contributed by atoms with E-state index in [9.17, 15) is 14.4 Å². The van der Waals surface area contributed by atoms with Crippen molar-refractivity contribution in [1.29, 1.82) is 0 Å². The Labute approximate surface area is 479 Å². The Morgan fingerprint density at radius 3 is 0.792 bits per heavy atom. The SMILES string of the molecule is CC/C=C\C/C=C\C/C=C\C/C=C\CCCCCCCCCCCCC(=O)OCC(COC(=O)CCCCCCCCCCCCCCC)OC(=O)CCCCCCCCCCCCCCCCCCCCCCCCC. The minimum Gasteiger partial charge on any atom is -0.462 e. The number of allylic oxidation sites excluding steroid dienone is 8. The average Bonchev–Trinajstić information content (AvgIpc) is 3.43. The normalized spacial score (nSPS) is 12.3. The number of hydrogen-bond donors (Lipinski definition) is 0. The molecule has 0 bridgehead atoms. The summed E-state index contributed by atoms with van der Waals surface area (Å²) < 4.78 is 17.0. The third-order valence-corrected chi connectivity index (χ3v) is 15.3. The van der Waals surface area contributed by atoms with E-state index in [0.29, 0.717) is 19.3 Å². The van der Waals surface area contributed by atoms with Crippen molar-refractivity contribution in [2.45, 2.75) is 374 Å². The topological polar surface area (TPSA) is 78.9 Å². The summed E-state index contributed by atoms with van der Waals surface area (Å²) in [5, 5.41) is 0. The minimum absolute atomic E-state index is 0.0685. The van der Waals surface area contributed by atoms with Crippen LogP contribution in [-0.2, 0) is 28.6 Å². The van der Waals surface area contributed by atoms with Crippen molar-refractivity contribution in [3.05, 3.63) is 48.6 Å². The highest BCUT2D eigenvalue weighted by Gasteiger charge is 2.19. The predicted molar refractivity (Wildman–Crippen MR) is 335 cm³/mol. The maximum atomic E-state index is 12.9. The first-order chi connectivity index (χ1) is 38.0. The van der Waals surface area contributed by atoms with Gasteiger partial charge in [0.2, 0.25) is 0 Å². The van der Waals surface area contributed by atoms with Gasteiger partial charge in [-0.2, -0.15) is 0 Å². The Bertz CT molecular complexity index is 1330. The third-order valence-electron chi connectivity index (χ3n) is 15.3. The summed E-state index contributed by atoms with van der Waals surface area (Å²) in [6.45, 7) is 6.59. The fourth-order valence-corrected chi connectivity index (χ4v) is 10.3. The van der Waals surface area contributed by atoms with Crippen LogP contribution in [0.15, 0.2) is 48.6 Å². The third kappa shape index (κ3) is 64.1. The van der Waals surface area contributed by atoms with Gasteiger partial charge in [-0.05, 0) is 57.8 Å². The van der Waals surface area contributed by atoms with E-state index in [4.69, 9.17) is 14.2 Å². The van der Waals surface area contributed by atoms with Crippen LogP contribution >= 0.6 is 0 Å². The van der Waals surface area contributed by atoms with E-state index in [-0.39, 0.29) is 31.1 Å². The van der Waals surface area contributed by atoms with Crippen LogP contribution in [0, 0.1) is 0 Å². The Kier molecular flexibility index (Phi) is 63.6. The molecule has 77 heavy (non-hydrogen) atoms. The van der Waals surface area contributed by atoms with Gasteiger partial charge < -0.3 is 14.2 Å². The summed E-state index contributed by atoms with van der Waals surface area (Å²) in [7, 11) is 0. The van der Waals surface area contributed by atoms with Gasteiger partial charge in [0.25, 0.3) is 0 Å². The molecule has 0 heterocycles. The molecule has 0 aliphatic rings. The van der Waals surface area contributed by atoms with Gasteiger partial charge >= 0.3 is 17.9 Å². The molecule has 0 spiro atoms. The predicted octanol–water partition coefficient (Wildman–Crippen LogP) is 23.3. The highest BCUT2D eigenvalue weighted by atomic mass is 16.6. The van der Waals surface area contributed by atoms with Crippen LogP contribution in [0.1, 0.15) is 367 Å². The Balaban J connectivity index is 4.26. The number of unbranched alkanes of at least 4 members (excludes halogenated alkanes) is 44. The van der Waals surface area contributed by atoms with Gasteiger partial charge in [-0.1, -0.05) is 339 Å². The van der Waals surface area contributed by atoms with Crippen LogP contribution in [0.25, 0.3) is 0 Å². The molecule has 0 aliphatic carbocycles. The molecule has 1 atom stereocenters. The molecule has 0 aliphatic heterocycles. The quantitative estimate of drug-likeness (QED) is 0.0261. The maximum absolute atomic E-state index is 12.9. The number of hydrogen-bond acceptors (Lipinski definition) is 6. The molecule has 0 amide bonds. The number of rotatable bonds is 63. The van der Waals surface area contributed by atoms with Crippen molar-refractivity contribution in [3.8, 4) is 0 Å². The second-order valence-corrected chi connectivity index (χ2v) is 23.1. The van der Waals surface area contributed by atoms with Crippen LogP contribution in [0.4, 0.5) is 0 Å². The van der Waals surface area contributed by atoms with Gasteiger partial charge in [0.15, 0.2) is 6.10 Å². The molecule has 0 aromatic heterocycles. The lowest BCUT2D eigenvalue weighted by atomic mass is 10.0. The molecule has 0 saturated carbocycles. The first-order valence-corrected chi connectivity index (χ1v) is 34.1. The molecule has 0 aromatic rings. The van der Waals surface area contributed by atoms with Crippen LogP contribution < -0.4 is 0 Å². The van der Waals surface area contributed by atoms with E-state index in [2.05, 4.69) is 69.4 Å². The molecule has 450 valence electrons. The van der Waals surface area contributed by atoms with Crippen molar-refractivity contribution < 1.29 is 28.6 Å². The standard InChI is InChI=1S/C71H130O6/c1-4-7-10-13-16-19-22-25-27-29-31-33-35-37-39-41-43-46-49-52-55-58-61-64-70(73)76-67-68(66-75-69(72)63-60-57-54-51-48-45-24-21-18-15-12-9-6-3)77-71(74)65-62-59-56-53-50-47-44-42-40-38-36-34-32-30-28-26-23-20-17-14-11-8-5-2/h7,10,16,19,25,27,31,33,68H,4-6,8-9,11-15,17-18,20-24,26,28-30,32,34-67H2,1-3H3/b10-7-,19-16-,27-25-,33-31-. The highest BCUT2D eigenvalue weighted by molar-refractivity contribution is 5.71. The Morgan fingerprint density at radius 2 is 0.506 bits per heavy atom. The van der Waals surface area contributed by atoms with Gasteiger partial charge in [0, 0.05) is 19.3 Å². The molecule has 6 heteroatoms. The van der Waals surface area contributed by atoms with Gasteiger partial charge in [-0.25, -0.2) is 0 Å². The second kappa shape index (κ2) is 65.9. The first-order valence-electron chi connectivity index (χ1n) is 34.1. The summed E-state index contributed by atoms with van der Waals surface area (Å²) in [6.07, 6.45) is 82.7. The van der Waals surface area contributed by atoms with E-state index in [1.807, 2.05) is 0 Å². The zero-order chi connectivity index (χ0) is 55.7. The smallest absolute Gasteiger partial charge is 0.306 e. The molecule has 0 rings (SSSR count). The second-order valence-electron chi connectivity index (χ2n) is 23.1. The molecular formula is C71H130O6. The van der Waals surface area contributed by atoms with Crippen LogP contribution in [0.3, 0.4) is 0 Å². The zero-order valence-electron chi connectivity index (χ0n) is 51.7. The van der Waals surface area contributed by atoms with Crippen molar-refractivity contribution in [3.63, 3.8) is 0 Å². The van der Waals surface area contributed by atoms with Gasteiger partial charge in [0.1, 0.15) is 13.2 Å². The monoisotopic (exact) mass is 1080 g/mol. The first kappa shape index (κ1) is 74.4. The number of esters is 3. The highest BCUT2D eigenvalue weighted by Crippen LogP contribution is 2.18. The van der Waals surface area contributed by atoms with E-state index < -0.39 is 6.10 Å². The Hall–Kier alpha value is -2.63. The minimum atomic E-state index is -0.772. The van der Waals surface area contributed by atoms with E-state index >= 15 is 0 Å². The molecule has 0 aromatic carbocycles. The van der Waals surface area contributed by atoms with E-state index in [0.717, 1.165) is 83.5 Å². The Morgan fingerprint density at radius 1 is 0.273 bits per heavy atom. The van der Waals surface area contributed by atoms with Crippen molar-refractivity contribution in [2.24, 2.45) is 0 Å². The van der Waals surface area contributed by atoms with Crippen LogP contribution in [-0.4, -0.2) is 37.2 Å². The number of carbonyl (C=O) groups is 3. The fourth-order valence-electron chi connectivity index (χ4n) is 10.3. The summed E-state index contributed by atoms with van der Waals surface area (Å²) >= 11 is 0. The molecule has 0 N–H and O–H groups in total. The molecule has 0 saturated heterocycles. The largest absolute Gasteiger partial charge is 0.462 e. The number of ether oxygens (including phenoxy) is 3.